The van der Waals surface area contributed by atoms with E-state index in [9.17, 15) is 9.18 Å². The second-order valence-corrected chi connectivity index (χ2v) is 6.72. The summed E-state index contributed by atoms with van der Waals surface area (Å²) in [5.74, 6) is 0.426. The number of anilines is 1. The molecule has 1 aliphatic rings. The number of carbonyl (C=O) groups is 1. The first kappa shape index (κ1) is 16.7. The molecule has 0 bridgehead atoms. The lowest BCUT2D eigenvalue weighted by molar-refractivity contribution is -0.118. The zero-order chi connectivity index (χ0) is 18.1. The van der Waals surface area contributed by atoms with Gasteiger partial charge < -0.3 is 10.3 Å². The predicted molar refractivity (Wildman–Crippen MR) is 96.1 cm³/mol. The molecule has 26 heavy (non-hydrogen) atoms. The Morgan fingerprint density at radius 3 is 3.12 bits per heavy atom. The number of nitrogens with zero attached hydrogens (tertiary/aromatic N) is 4. The largest absolute Gasteiger partial charge is 0.341 e. The summed E-state index contributed by atoms with van der Waals surface area (Å²) in [5, 5.41) is 6.93. The molecule has 1 aliphatic heterocycles. The Kier molecular flexibility index (Phi) is 4.42. The van der Waals surface area contributed by atoms with Gasteiger partial charge in [-0.3, -0.25) is 14.4 Å². The minimum absolute atomic E-state index is 0.0267. The number of benzene rings is 1. The number of imidazole rings is 1. The lowest BCUT2D eigenvalue weighted by atomic mass is 10.0. The molecular formula is C18H21FN6O. The van der Waals surface area contributed by atoms with Crippen molar-refractivity contribution < 1.29 is 9.18 Å². The first-order chi connectivity index (χ1) is 12.6. The number of piperidine rings is 1. The van der Waals surface area contributed by atoms with Crippen LogP contribution in [0.25, 0.3) is 11.0 Å². The Labute approximate surface area is 150 Å². The highest BCUT2D eigenvalue weighted by Gasteiger charge is 2.28. The number of aryl methyl sites for hydroxylation is 1. The number of likely N-dealkylation sites (tertiary alicyclic amines) is 1. The fourth-order valence-electron chi connectivity index (χ4n) is 3.52. The minimum Gasteiger partial charge on any atom is -0.341 e. The van der Waals surface area contributed by atoms with E-state index in [0.717, 1.165) is 37.1 Å². The van der Waals surface area contributed by atoms with Gasteiger partial charge in [-0.1, -0.05) is 6.42 Å². The smallest absolute Gasteiger partial charge is 0.238 e. The summed E-state index contributed by atoms with van der Waals surface area (Å²) in [6.45, 7) is 1.11. The molecule has 7 nitrogen and oxygen atoms in total. The number of aromatic nitrogens is 4. The number of hydrogen-bond acceptors (Lipinski definition) is 4. The van der Waals surface area contributed by atoms with Crippen molar-refractivity contribution in [1.82, 2.24) is 24.6 Å². The molecule has 0 spiro atoms. The van der Waals surface area contributed by atoms with Crippen molar-refractivity contribution in [2.24, 2.45) is 7.05 Å². The number of rotatable bonds is 4. The number of halogens is 1. The molecule has 0 saturated carbocycles. The molecule has 1 aromatic carbocycles. The summed E-state index contributed by atoms with van der Waals surface area (Å²) in [4.78, 5) is 22.4. The number of carbonyl (C=O) groups excluding carboxylic acids is 1. The number of nitrogens with one attached hydrogen (secondary N) is 2. The molecule has 0 radical (unpaired) electrons. The summed E-state index contributed by atoms with van der Waals surface area (Å²) in [7, 11) is 1.81. The van der Waals surface area contributed by atoms with Gasteiger partial charge >= 0.3 is 0 Å². The number of hydrogen-bond donors (Lipinski definition) is 2. The van der Waals surface area contributed by atoms with E-state index in [1.165, 1.54) is 12.1 Å². The van der Waals surface area contributed by atoms with Crippen LogP contribution in [-0.4, -0.2) is 43.6 Å². The average molecular weight is 356 g/mol. The predicted octanol–water partition coefficient (Wildman–Crippen LogP) is 2.60. The van der Waals surface area contributed by atoms with E-state index in [1.807, 2.05) is 0 Å². The summed E-state index contributed by atoms with van der Waals surface area (Å²) in [6.07, 6.45) is 6.43. The molecule has 1 saturated heterocycles. The second-order valence-electron chi connectivity index (χ2n) is 6.72. The van der Waals surface area contributed by atoms with Gasteiger partial charge in [0.1, 0.15) is 11.6 Å². The number of aromatic amines is 1. The molecule has 1 atom stereocenters. The van der Waals surface area contributed by atoms with Crippen LogP contribution in [0.2, 0.25) is 0 Å². The van der Waals surface area contributed by atoms with Crippen LogP contribution in [0, 0.1) is 5.82 Å². The van der Waals surface area contributed by atoms with E-state index in [0.29, 0.717) is 11.2 Å². The third kappa shape index (κ3) is 3.45. The fraction of sp³-hybridized carbons (Fsp3) is 0.389. The highest BCUT2D eigenvalue weighted by Crippen LogP contribution is 2.30. The molecule has 8 heteroatoms. The fourth-order valence-corrected chi connectivity index (χ4v) is 3.52. The maximum absolute atomic E-state index is 13.4. The van der Waals surface area contributed by atoms with Crippen molar-refractivity contribution in [3.8, 4) is 0 Å². The third-order valence-electron chi connectivity index (χ3n) is 4.73. The van der Waals surface area contributed by atoms with Gasteiger partial charge in [0.15, 0.2) is 0 Å². The number of amides is 1. The highest BCUT2D eigenvalue weighted by molar-refractivity contribution is 5.92. The number of fused-ring (bicyclic) bond motifs is 1. The first-order valence-corrected chi connectivity index (χ1v) is 8.76. The van der Waals surface area contributed by atoms with Gasteiger partial charge in [0, 0.05) is 13.2 Å². The van der Waals surface area contributed by atoms with Gasteiger partial charge in [-0.25, -0.2) is 9.37 Å². The van der Waals surface area contributed by atoms with Crippen LogP contribution < -0.4 is 5.32 Å². The molecule has 3 heterocycles. The van der Waals surface area contributed by atoms with Crippen LogP contribution in [0.5, 0.6) is 0 Å². The SMILES string of the molecule is Cn1cc(NC(=O)CN2CCCC[C@@H]2c2nc3ccc(F)cc3[nH]2)cn1. The molecule has 1 amide bonds. The normalized spacial score (nSPS) is 18.3. The van der Waals surface area contributed by atoms with Crippen molar-refractivity contribution in [3.05, 3.63) is 42.2 Å². The summed E-state index contributed by atoms with van der Waals surface area (Å²) >= 11 is 0. The van der Waals surface area contributed by atoms with Crippen LogP contribution in [0.1, 0.15) is 31.1 Å². The summed E-state index contributed by atoms with van der Waals surface area (Å²) in [5.41, 5.74) is 2.11. The quantitative estimate of drug-likeness (QED) is 0.753. The minimum atomic E-state index is -0.288. The molecule has 0 unspecified atom stereocenters. The molecule has 2 aromatic heterocycles. The van der Waals surface area contributed by atoms with E-state index in [-0.39, 0.29) is 24.3 Å². The van der Waals surface area contributed by atoms with Gasteiger partial charge in [-0.2, -0.15) is 5.10 Å². The van der Waals surface area contributed by atoms with E-state index >= 15 is 0 Å². The van der Waals surface area contributed by atoms with Crippen molar-refractivity contribution in [3.63, 3.8) is 0 Å². The third-order valence-corrected chi connectivity index (χ3v) is 4.73. The standard InChI is InChI=1S/C18H21FN6O/c1-24-10-13(9-20-24)21-17(26)11-25-7-3-2-4-16(25)18-22-14-6-5-12(19)8-15(14)23-18/h5-6,8-10,16H,2-4,7,11H2,1H3,(H,21,26)(H,22,23)/t16-/m1/s1. The van der Waals surface area contributed by atoms with E-state index < -0.39 is 0 Å². The molecule has 3 aromatic rings. The Bertz CT molecular complexity index is 933. The Hall–Kier alpha value is -2.74. The summed E-state index contributed by atoms with van der Waals surface area (Å²) in [6, 6.07) is 4.56. The van der Waals surface area contributed by atoms with E-state index in [1.54, 1.807) is 30.2 Å². The Balaban J connectivity index is 1.50. The zero-order valence-electron chi connectivity index (χ0n) is 14.6. The van der Waals surface area contributed by atoms with Crippen molar-refractivity contribution in [2.45, 2.75) is 25.3 Å². The average Bonchev–Trinajstić information content (AvgIpc) is 3.20. The van der Waals surface area contributed by atoms with Crippen LogP contribution in [0.4, 0.5) is 10.1 Å². The van der Waals surface area contributed by atoms with Crippen molar-refractivity contribution in [2.75, 3.05) is 18.4 Å². The van der Waals surface area contributed by atoms with Crippen LogP contribution in [0.3, 0.4) is 0 Å². The maximum atomic E-state index is 13.4. The molecule has 136 valence electrons. The molecule has 4 rings (SSSR count). The Morgan fingerprint density at radius 1 is 1.42 bits per heavy atom. The van der Waals surface area contributed by atoms with E-state index in [2.05, 4.69) is 25.3 Å². The van der Waals surface area contributed by atoms with Crippen LogP contribution in [0.15, 0.2) is 30.6 Å². The van der Waals surface area contributed by atoms with Crippen molar-refractivity contribution >= 4 is 22.6 Å². The second kappa shape index (κ2) is 6.87. The van der Waals surface area contributed by atoms with Gasteiger partial charge in [0.2, 0.25) is 5.91 Å². The topological polar surface area (TPSA) is 78.8 Å². The van der Waals surface area contributed by atoms with Gasteiger partial charge in [0.25, 0.3) is 0 Å². The molecular weight excluding hydrogens is 335 g/mol. The van der Waals surface area contributed by atoms with Crippen molar-refractivity contribution in [1.29, 1.82) is 0 Å². The van der Waals surface area contributed by atoms with Crippen LogP contribution >= 0.6 is 0 Å². The molecule has 2 N–H and O–H groups in total. The summed E-state index contributed by atoms with van der Waals surface area (Å²) < 4.78 is 15.1. The van der Waals surface area contributed by atoms with Gasteiger partial charge in [0.05, 0.1) is 35.5 Å². The highest BCUT2D eigenvalue weighted by atomic mass is 19.1. The van der Waals surface area contributed by atoms with Gasteiger partial charge in [-0.05, 0) is 37.6 Å². The Morgan fingerprint density at radius 2 is 2.31 bits per heavy atom. The molecule has 0 aliphatic carbocycles. The van der Waals surface area contributed by atoms with Gasteiger partial charge in [-0.15, -0.1) is 0 Å². The first-order valence-electron chi connectivity index (χ1n) is 8.76. The van der Waals surface area contributed by atoms with Crippen LogP contribution in [-0.2, 0) is 11.8 Å². The monoisotopic (exact) mass is 356 g/mol. The number of H-pyrrole nitrogens is 1. The molecule has 1 fully saturated rings. The maximum Gasteiger partial charge on any atom is 0.238 e. The van der Waals surface area contributed by atoms with E-state index in [4.69, 9.17) is 0 Å². The zero-order valence-corrected chi connectivity index (χ0v) is 14.6. The lowest BCUT2D eigenvalue weighted by Crippen LogP contribution is -2.39. The lowest BCUT2D eigenvalue weighted by Gasteiger charge is -2.33.